The van der Waals surface area contributed by atoms with E-state index in [2.05, 4.69) is 15.9 Å². The Kier molecular flexibility index (Phi) is 5.14. The molecule has 0 aromatic heterocycles. The Morgan fingerprint density at radius 1 is 1.24 bits per heavy atom. The van der Waals surface area contributed by atoms with Gasteiger partial charge in [-0.2, -0.15) is 0 Å². The van der Waals surface area contributed by atoms with Crippen LogP contribution in [0.1, 0.15) is 11.1 Å². The minimum Gasteiger partial charge on any atom is -0.496 e. The number of methoxy groups -OCH3 is 1. The van der Waals surface area contributed by atoms with Gasteiger partial charge >= 0.3 is 0 Å². The van der Waals surface area contributed by atoms with E-state index in [0.29, 0.717) is 21.5 Å². The van der Waals surface area contributed by atoms with E-state index in [0.717, 1.165) is 5.56 Å². The van der Waals surface area contributed by atoms with E-state index in [1.165, 1.54) is 12.1 Å². The lowest BCUT2D eigenvalue weighted by atomic mass is 10.1. The predicted molar refractivity (Wildman–Crippen MR) is 87.3 cm³/mol. The van der Waals surface area contributed by atoms with E-state index >= 15 is 0 Å². The Morgan fingerprint density at radius 3 is 2.67 bits per heavy atom. The molecule has 0 spiro atoms. The van der Waals surface area contributed by atoms with Crippen LogP contribution in [0.5, 0.6) is 11.5 Å². The lowest BCUT2D eigenvalue weighted by Gasteiger charge is -2.11. The molecule has 110 valence electrons. The lowest BCUT2D eigenvalue weighted by Crippen LogP contribution is -2.11. The van der Waals surface area contributed by atoms with Crippen LogP contribution >= 0.6 is 28.1 Å². The zero-order valence-electron chi connectivity index (χ0n) is 11.2. The summed E-state index contributed by atoms with van der Waals surface area (Å²) in [6.07, 6.45) is 0. The summed E-state index contributed by atoms with van der Waals surface area (Å²) in [5, 5.41) is 0. The molecule has 0 saturated heterocycles. The van der Waals surface area contributed by atoms with Crippen LogP contribution in [0, 0.1) is 5.82 Å². The van der Waals surface area contributed by atoms with Crippen molar-refractivity contribution in [3.05, 3.63) is 57.8 Å². The van der Waals surface area contributed by atoms with Gasteiger partial charge in [-0.3, -0.25) is 0 Å². The molecule has 0 aliphatic heterocycles. The first-order valence-corrected chi connectivity index (χ1v) is 7.26. The molecule has 2 aromatic rings. The van der Waals surface area contributed by atoms with Crippen molar-refractivity contribution in [3.8, 4) is 11.5 Å². The average molecular weight is 370 g/mol. The maximum atomic E-state index is 13.2. The van der Waals surface area contributed by atoms with Crippen molar-refractivity contribution in [2.45, 2.75) is 6.61 Å². The molecule has 2 N–H and O–H groups in total. The fraction of sp³-hybridized carbons (Fsp3) is 0.133. The maximum absolute atomic E-state index is 13.2. The van der Waals surface area contributed by atoms with Gasteiger partial charge in [0.05, 0.1) is 17.1 Å². The Morgan fingerprint density at radius 2 is 2.00 bits per heavy atom. The highest BCUT2D eigenvalue weighted by molar-refractivity contribution is 9.10. The summed E-state index contributed by atoms with van der Waals surface area (Å²) in [7, 11) is 1.55. The summed E-state index contributed by atoms with van der Waals surface area (Å²) < 4.78 is 24.7. The number of nitrogens with two attached hydrogens (primary N) is 1. The smallest absolute Gasteiger partial charge is 0.136 e. The molecule has 0 amide bonds. The Balaban J connectivity index is 2.17. The molecule has 0 saturated carbocycles. The predicted octanol–water partition coefficient (Wildman–Crippen LogP) is 3.81. The highest BCUT2D eigenvalue weighted by atomic mass is 79.9. The van der Waals surface area contributed by atoms with E-state index in [4.69, 9.17) is 27.4 Å². The van der Waals surface area contributed by atoms with Crippen LogP contribution < -0.4 is 15.2 Å². The molecule has 0 unspecified atom stereocenters. The molecule has 0 bridgehead atoms. The number of hydrogen-bond acceptors (Lipinski definition) is 3. The summed E-state index contributed by atoms with van der Waals surface area (Å²) in [5.41, 5.74) is 7.15. The van der Waals surface area contributed by atoms with Gasteiger partial charge < -0.3 is 15.2 Å². The zero-order chi connectivity index (χ0) is 15.4. The van der Waals surface area contributed by atoms with Crippen molar-refractivity contribution in [1.29, 1.82) is 0 Å². The molecule has 0 radical (unpaired) electrons. The fourth-order valence-electron chi connectivity index (χ4n) is 1.78. The molecule has 0 aliphatic carbocycles. The molecular formula is C15H13BrFNO2S. The molecule has 0 fully saturated rings. The third kappa shape index (κ3) is 3.92. The summed E-state index contributed by atoms with van der Waals surface area (Å²) in [4.78, 5) is 0.271. The van der Waals surface area contributed by atoms with Crippen molar-refractivity contribution in [1.82, 2.24) is 0 Å². The number of hydrogen-bond donors (Lipinski definition) is 1. The van der Waals surface area contributed by atoms with Gasteiger partial charge in [0.2, 0.25) is 0 Å². The van der Waals surface area contributed by atoms with Gasteiger partial charge in [-0.25, -0.2) is 4.39 Å². The summed E-state index contributed by atoms with van der Waals surface area (Å²) in [6.45, 7) is 0.274. The highest BCUT2D eigenvalue weighted by Gasteiger charge is 2.08. The monoisotopic (exact) mass is 369 g/mol. The number of halogens is 2. The molecule has 21 heavy (non-hydrogen) atoms. The molecule has 0 atom stereocenters. The second-order valence-electron chi connectivity index (χ2n) is 4.26. The van der Waals surface area contributed by atoms with Gasteiger partial charge in [0, 0.05) is 6.07 Å². The fourth-order valence-corrected chi connectivity index (χ4v) is 2.31. The van der Waals surface area contributed by atoms with E-state index in [1.807, 2.05) is 6.07 Å². The molecule has 2 aromatic carbocycles. The summed E-state index contributed by atoms with van der Waals surface area (Å²) >= 11 is 8.26. The first-order valence-electron chi connectivity index (χ1n) is 6.06. The quantitative estimate of drug-likeness (QED) is 0.813. The van der Waals surface area contributed by atoms with Gasteiger partial charge in [0.1, 0.15) is 28.9 Å². The molecule has 2 rings (SSSR count). The standard InChI is InChI=1S/C15H13BrFNO2S/c1-19-13-6-9(2-4-11(13)15(18)21)8-20-14-7-10(17)3-5-12(14)16/h2-7H,8H2,1H3,(H2,18,21). The van der Waals surface area contributed by atoms with Gasteiger partial charge in [0.15, 0.2) is 0 Å². The minimum absolute atomic E-state index is 0.271. The van der Waals surface area contributed by atoms with Crippen LogP contribution in [0.2, 0.25) is 0 Å². The average Bonchev–Trinajstić information content (AvgIpc) is 2.47. The SMILES string of the molecule is COc1cc(COc2cc(F)ccc2Br)ccc1C(N)=S. The van der Waals surface area contributed by atoms with Crippen LogP contribution in [0.4, 0.5) is 4.39 Å². The second-order valence-corrected chi connectivity index (χ2v) is 5.56. The van der Waals surface area contributed by atoms with Gasteiger partial charge in [-0.15, -0.1) is 0 Å². The van der Waals surface area contributed by atoms with Crippen molar-refractivity contribution < 1.29 is 13.9 Å². The van der Waals surface area contributed by atoms with Crippen LogP contribution in [-0.4, -0.2) is 12.1 Å². The topological polar surface area (TPSA) is 44.5 Å². The van der Waals surface area contributed by atoms with Gasteiger partial charge in [-0.05, 0) is 45.8 Å². The molecule has 0 heterocycles. The van der Waals surface area contributed by atoms with E-state index in [1.54, 1.807) is 25.3 Å². The van der Waals surface area contributed by atoms with E-state index < -0.39 is 0 Å². The van der Waals surface area contributed by atoms with Crippen LogP contribution in [-0.2, 0) is 6.61 Å². The third-order valence-electron chi connectivity index (χ3n) is 2.82. The van der Waals surface area contributed by atoms with E-state index in [9.17, 15) is 4.39 Å². The van der Waals surface area contributed by atoms with Crippen molar-refractivity contribution in [2.75, 3.05) is 7.11 Å². The first kappa shape index (κ1) is 15.7. The second kappa shape index (κ2) is 6.87. The van der Waals surface area contributed by atoms with Crippen LogP contribution in [0.15, 0.2) is 40.9 Å². The Labute approximate surface area is 136 Å². The molecular weight excluding hydrogens is 357 g/mol. The number of rotatable bonds is 5. The summed E-state index contributed by atoms with van der Waals surface area (Å²) in [5.74, 6) is 0.670. The molecule has 6 heteroatoms. The Bertz CT molecular complexity index is 679. The maximum Gasteiger partial charge on any atom is 0.136 e. The van der Waals surface area contributed by atoms with Gasteiger partial charge in [-0.1, -0.05) is 18.3 Å². The number of ether oxygens (including phenoxy) is 2. The minimum atomic E-state index is -0.352. The lowest BCUT2D eigenvalue weighted by molar-refractivity contribution is 0.301. The zero-order valence-corrected chi connectivity index (χ0v) is 13.6. The molecule has 3 nitrogen and oxygen atoms in total. The van der Waals surface area contributed by atoms with E-state index in [-0.39, 0.29) is 17.4 Å². The normalized spacial score (nSPS) is 10.2. The third-order valence-corrected chi connectivity index (χ3v) is 3.69. The highest BCUT2D eigenvalue weighted by Crippen LogP contribution is 2.27. The number of benzene rings is 2. The van der Waals surface area contributed by atoms with Gasteiger partial charge in [0.25, 0.3) is 0 Å². The van der Waals surface area contributed by atoms with Crippen molar-refractivity contribution in [2.24, 2.45) is 5.73 Å². The largest absolute Gasteiger partial charge is 0.496 e. The van der Waals surface area contributed by atoms with Crippen molar-refractivity contribution in [3.63, 3.8) is 0 Å². The van der Waals surface area contributed by atoms with Crippen LogP contribution in [0.3, 0.4) is 0 Å². The first-order chi connectivity index (χ1) is 10.0. The number of thiocarbonyl (C=S) groups is 1. The molecule has 0 aliphatic rings. The van der Waals surface area contributed by atoms with Crippen LogP contribution in [0.25, 0.3) is 0 Å². The Hall–Kier alpha value is -1.66. The van der Waals surface area contributed by atoms with Crippen molar-refractivity contribution >= 4 is 33.1 Å². The summed E-state index contributed by atoms with van der Waals surface area (Å²) in [6, 6.07) is 9.69.